The van der Waals surface area contributed by atoms with Crippen molar-refractivity contribution in [3.63, 3.8) is 0 Å². The van der Waals surface area contributed by atoms with Gasteiger partial charge in [-0.05, 0) is 25.3 Å². The maximum atomic E-state index is 11.7. The first-order valence-corrected chi connectivity index (χ1v) is 4.43. The molecule has 0 amide bonds. The Morgan fingerprint density at radius 3 is 2.38 bits per heavy atom. The van der Waals surface area contributed by atoms with Crippen LogP contribution < -0.4 is 5.32 Å². The molecule has 0 unspecified atom stereocenters. The summed E-state index contributed by atoms with van der Waals surface area (Å²) in [6.45, 7) is 0.921. The maximum Gasteiger partial charge on any atom is 0.401 e. The molecule has 5 heteroatoms. The van der Waals surface area contributed by atoms with Gasteiger partial charge in [0.2, 0.25) is 0 Å². The van der Waals surface area contributed by atoms with Gasteiger partial charge in [0.05, 0.1) is 6.54 Å². The lowest BCUT2D eigenvalue weighted by Crippen LogP contribution is -2.34. The minimum Gasteiger partial charge on any atom is -0.381 e. The molecular weight excluding hydrogens is 183 g/mol. The van der Waals surface area contributed by atoms with Gasteiger partial charge in [-0.1, -0.05) is 0 Å². The van der Waals surface area contributed by atoms with Gasteiger partial charge >= 0.3 is 6.18 Å². The molecule has 1 saturated heterocycles. The minimum absolute atomic E-state index is 0.344. The second-order valence-electron chi connectivity index (χ2n) is 3.30. The van der Waals surface area contributed by atoms with Crippen LogP contribution in [0.5, 0.6) is 0 Å². The van der Waals surface area contributed by atoms with Gasteiger partial charge in [0, 0.05) is 13.2 Å². The number of nitrogens with one attached hydrogen (secondary N) is 1. The van der Waals surface area contributed by atoms with Crippen molar-refractivity contribution in [3.05, 3.63) is 0 Å². The summed E-state index contributed by atoms with van der Waals surface area (Å²) in [6.07, 6.45) is -2.36. The quantitative estimate of drug-likeness (QED) is 0.741. The van der Waals surface area contributed by atoms with Crippen LogP contribution in [-0.2, 0) is 4.74 Å². The minimum atomic E-state index is -4.09. The lowest BCUT2D eigenvalue weighted by molar-refractivity contribution is -0.125. The van der Waals surface area contributed by atoms with Crippen LogP contribution in [0.4, 0.5) is 13.2 Å². The first-order valence-electron chi connectivity index (χ1n) is 4.43. The van der Waals surface area contributed by atoms with E-state index < -0.39 is 12.7 Å². The highest BCUT2D eigenvalue weighted by Crippen LogP contribution is 2.15. The molecule has 1 fully saturated rings. The molecular formula is C8H14F3NO. The average Bonchev–Trinajstić information content (AvgIpc) is 2.04. The van der Waals surface area contributed by atoms with Crippen molar-refractivity contribution < 1.29 is 17.9 Å². The Morgan fingerprint density at radius 1 is 1.23 bits per heavy atom. The summed E-state index contributed by atoms with van der Waals surface area (Å²) < 4.78 is 40.3. The molecule has 0 aromatic carbocycles. The summed E-state index contributed by atoms with van der Waals surface area (Å²) in [4.78, 5) is 0. The summed E-state index contributed by atoms with van der Waals surface area (Å²) in [5.41, 5.74) is 0. The summed E-state index contributed by atoms with van der Waals surface area (Å²) in [7, 11) is 0. The van der Waals surface area contributed by atoms with E-state index >= 15 is 0 Å². The molecule has 0 aromatic heterocycles. The highest BCUT2D eigenvalue weighted by atomic mass is 19.4. The van der Waals surface area contributed by atoms with Gasteiger partial charge in [-0.15, -0.1) is 0 Å². The first-order chi connectivity index (χ1) is 6.08. The molecule has 1 heterocycles. The third-order valence-corrected chi connectivity index (χ3v) is 2.10. The third kappa shape index (κ3) is 5.10. The Morgan fingerprint density at radius 2 is 1.85 bits per heavy atom. The molecule has 0 bridgehead atoms. The van der Waals surface area contributed by atoms with Gasteiger partial charge in [-0.25, -0.2) is 0 Å². The molecule has 1 rings (SSSR count). The zero-order valence-corrected chi connectivity index (χ0v) is 7.36. The van der Waals surface area contributed by atoms with E-state index in [0.717, 1.165) is 12.8 Å². The summed E-state index contributed by atoms with van der Waals surface area (Å²) in [5, 5.41) is 2.41. The van der Waals surface area contributed by atoms with Gasteiger partial charge in [-0.2, -0.15) is 13.2 Å². The van der Waals surface area contributed by atoms with Crippen molar-refractivity contribution in [1.29, 1.82) is 0 Å². The van der Waals surface area contributed by atoms with Crippen LogP contribution in [0.3, 0.4) is 0 Å². The Kier molecular flexibility index (Phi) is 3.99. The predicted molar refractivity (Wildman–Crippen MR) is 42.5 cm³/mol. The average molecular weight is 197 g/mol. The Labute approximate surface area is 75.4 Å². The number of halogens is 3. The van der Waals surface area contributed by atoms with Gasteiger partial charge in [0.25, 0.3) is 0 Å². The SMILES string of the molecule is FC(F)(F)CNCC1CCOCC1. The number of alkyl halides is 3. The van der Waals surface area contributed by atoms with Crippen molar-refractivity contribution in [2.75, 3.05) is 26.3 Å². The van der Waals surface area contributed by atoms with E-state index in [1.54, 1.807) is 0 Å². The molecule has 0 radical (unpaired) electrons. The zero-order chi connectivity index (χ0) is 9.73. The molecule has 1 aliphatic rings. The summed E-state index contributed by atoms with van der Waals surface area (Å²) >= 11 is 0. The maximum absolute atomic E-state index is 11.7. The zero-order valence-electron chi connectivity index (χ0n) is 7.36. The predicted octanol–water partition coefficient (Wildman–Crippen LogP) is 1.56. The van der Waals surface area contributed by atoms with Gasteiger partial charge in [0.1, 0.15) is 0 Å². The Hall–Kier alpha value is -0.290. The Bertz CT molecular complexity index is 143. The Balaban J connectivity index is 2.04. The van der Waals surface area contributed by atoms with E-state index in [2.05, 4.69) is 5.32 Å². The highest BCUT2D eigenvalue weighted by Gasteiger charge is 2.26. The van der Waals surface area contributed by atoms with Crippen LogP contribution in [-0.4, -0.2) is 32.5 Å². The van der Waals surface area contributed by atoms with Crippen LogP contribution in [0, 0.1) is 5.92 Å². The van der Waals surface area contributed by atoms with Gasteiger partial charge < -0.3 is 10.1 Å². The lowest BCUT2D eigenvalue weighted by atomic mass is 10.0. The lowest BCUT2D eigenvalue weighted by Gasteiger charge is -2.22. The number of rotatable bonds is 3. The van der Waals surface area contributed by atoms with Crippen LogP contribution in [0.15, 0.2) is 0 Å². The topological polar surface area (TPSA) is 21.3 Å². The van der Waals surface area contributed by atoms with Crippen molar-refractivity contribution in [2.24, 2.45) is 5.92 Å². The third-order valence-electron chi connectivity index (χ3n) is 2.10. The number of hydrogen-bond acceptors (Lipinski definition) is 2. The summed E-state index contributed by atoms with van der Waals surface area (Å²) in [5.74, 6) is 0.344. The number of ether oxygens (including phenoxy) is 1. The normalized spacial score (nSPS) is 20.5. The fourth-order valence-electron chi connectivity index (χ4n) is 1.37. The molecule has 1 N–H and O–H groups in total. The van der Waals surface area contributed by atoms with Crippen molar-refractivity contribution in [2.45, 2.75) is 19.0 Å². The fourth-order valence-corrected chi connectivity index (χ4v) is 1.37. The molecule has 0 aliphatic carbocycles. The van der Waals surface area contributed by atoms with Crippen molar-refractivity contribution in [3.8, 4) is 0 Å². The molecule has 0 saturated carbocycles. The molecule has 2 nitrogen and oxygen atoms in total. The molecule has 78 valence electrons. The van der Waals surface area contributed by atoms with Crippen LogP contribution >= 0.6 is 0 Å². The monoisotopic (exact) mass is 197 g/mol. The van der Waals surface area contributed by atoms with Crippen LogP contribution in [0.25, 0.3) is 0 Å². The second-order valence-corrected chi connectivity index (χ2v) is 3.30. The standard InChI is InChI=1S/C8H14F3NO/c9-8(10,11)6-12-5-7-1-3-13-4-2-7/h7,12H,1-6H2. The molecule has 0 aromatic rings. The molecule has 13 heavy (non-hydrogen) atoms. The van der Waals surface area contributed by atoms with E-state index in [4.69, 9.17) is 4.74 Å². The van der Waals surface area contributed by atoms with Crippen LogP contribution in [0.1, 0.15) is 12.8 Å². The van der Waals surface area contributed by atoms with Crippen molar-refractivity contribution in [1.82, 2.24) is 5.32 Å². The van der Waals surface area contributed by atoms with Gasteiger partial charge in [-0.3, -0.25) is 0 Å². The number of hydrogen-bond donors (Lipinski definition) is 1. The highest BCUT2D eigenvalue weighted by molar-refractivity contribution is 4.67. The van der Waals surface area contributed by atoms with E-state index in [0.29, 0.717) is 25.7 Å². The van der Waals surface area contributed by atoms with E-state index in [1.807, 2.05) is 0 Å². The molecule has 0 atom stereocenters. The second kappa shape index (κ2) is 4.81. The van der Waals surface area contributed by atoms with E-state index in [1.165, 1.54) is 0 Å². The first kappa shape index (κ1) is 10.8. The molecule has 0 spiro atoms. The van der Waals surface area contributed by atoms with Crippen LogP contribution in [0.2, 0.25) is 0 Å². The van der Waals surface area contributed by atoms with E-state index in [-0.39, 0.29) is 0 Å². The van der Waals surface area contributed by atoms with Gasteiger partial charge in [0.15, 0.2) is 0 Å². The smallest absolute Gasteiger partial charge is 0.381 e. The molecule has 1 aliphatic heterocycles. The van der Waals surface area contributed by atoms with E-state index in [9.17, 15) is 13.2 Å². The van der Waals surface area contributed by atoms with Crippen molar-refractivity contribution >= 4 is 0 Å². The fraction of sp³-hybridized carbons (Fsp3) is 1.00. The summed E-state index contributed by atoms with van der Waals surface area (Å²) in [6, 6.07) is 0. The largest absolute Gasteiger partial charge is 0.401 e.